The van der Waals surface area contributed by atoms with Gasteiger partial charge in [-0.3, -0.25) is 0 Å². The first-order valence-electron chi connectivity index (χ1n) is 5.61. The molecule has 0 bridgehead atoms. The van der Waals surface area contributed by atoms with Gasteiger partial charge in [0.25, 0.3) is 0 Å². The van der Waals surface area contributed by atoms with Crippen LogP contribution in [0.1, 0.15) is 46.0 Å². The fourth-order valence-corrected chi connectivity index (χ4v) is 2.16. The maximum atomic E-state index is 9.14. The summed E-state index contributed by atoms with van der Waals surface area (Å²) in [6.45, 7) is 4.82. The smallest absolute Gasteiger partial charge is 0.0636 e. The topological polar surface area (TPSA) is 32.3 Å². The number of hydrogen-bond donors (Lipinski definition) is 2. The van der Waals surface area contributed by atoms with Crippen molar-refractivity contribution in [1.82, 2.24) is 5.32 Å². The summed E-state index contributed by atoms with van der Waals surface area (Å²) in [6, 6.07) is 0.579. The molecule has 13 heavy (non-hydrogen) atoms. The number of rotatable bonds is 4. The molecule has 0 spiro atoms. The molecular formula is C11H23NO. The number of hydrogen-bond acceptors (Lipinski definition) is 2. The summed E-state index contributed by atoms with van der Waals surface area (Å²) >= 11 is 0. The minimum atomic E-state index is -0.217. The van der Waals surface area contributed by atoms with Gasteiger partial charge in [-0.05, 0) is 32.6 Å². The van der Waals surface area contributed by atoms with Crippen molar-refractivity contribution >= 4 is 0 Å². The Morgan fingerprint density at radius 3 is 2.38 bits per heavy atom. The minimum Gasteiger partial charge on any atom is -0.392 e. The zero-order valence-electron chi connectivity index (χ0n) is 8.92. The monoisotopic (exact) mass is 185 g/mol. The highest BCUT2D eigenvalue weighted by Crippen LogP contribution is 2.26. The molecule has 0 heterocycles. The molecule has 0 amide bonds. The first-order chi connectivity index (χ1) is 6.20. The Kier molecular flexibility index (Phi) is 4.74. The van der Waals surface area contributed by atoms with E-state index in [1.807, 2.05) is 6.92 Å². The Bertz CT molecular complexity index is 130. The van der Waals surface area contributed by atoms with Gasteiger partial charge in [0.2, 0.25) is 0 Å². The maximum Gasteiger partial charge on any atom is 0.0636 e. The molecule has 0 saturated heterocycles. The van der Waals surface area contributed by atoms with Gasteiger partial charge in [-0.25, -0.2) is 0 Å². The van der Waals surface area contributed by atoms with Crippen LogP contribution < -0.4 is 5.32 Å². The molecule has 1 aliphatic rings. The molecule has 2 atom stereocenters. The molecule has 2 N–H and O–H groups in total. The summed E-state index contributed by atoms with van der Waals surface area (Å²) in [6.07, 6.45) is 6.73. The molecule has 1 fully saturated rings. The average Bonchev–Trinajstić information content (AvgIpc) is 2.15. The molecule has 1 rings (SSSR count). The van der Waals surface area contributed by atoms with E-state index in [2.05, 4.69) is 12.2 Å². The first-order valence-corrected chi connectivity index (χ1v) is 5.61. The molecule has 1 aliphatic carbocycles. The lowest BCUT2D eigenvalue weighted by Gasteiger charge is -2.28. The molecule has 0 unspecified atom stereocenters. The van der Waals surface area contributed by atoms with E-state index in [9.17, 15) is 0 Å². The van der Waals surface area contributed by atoms with Crippen LogP contribution in [0.25, 0.3) is 0 Å². The van der Waals surface area contributed by atoms with Crippen LogP contribution in [-0.4, -0.2) is 23.8 Å². The largest absolute Gasteiger partial charge is 0.392 e. The summed E-state index contributed by atoms with van der Waals surface area (Å²) in [5.41, 5.74) is 0. The van der Waals surface area contributed by atoms with E-state index in [1.165, 1.54) is 32.1 Å². The van der Waals surface area contributed by atoms with Crippen LogP contribution in [-0.2, 0) is 0 Å². The van der Waals surface area contributed by atoms with Gasteiger partial charge in [-0.1, -0.05) is 19.3 Å². The Balaban J connectivity index is 2.17. The number of aliphatic hydroxyl groups excluding tert-OH is 1. The summed E-state index contributed by atoms with van der Waals surface area (Å²) < 4.78 is 0. The Hall–Kier alpha value is -0.0800. The minimum absolute atomic E-state index is 0.217. The lowest BCUT2D eigenvalue weighted by Crippen LogP contribution is -2.38. The van der Waals surface area contributed by atoms with Crippen LogP contribution in [0.4, 0.5) is 0 Å². The SMILES string of the molecule is C[C@H](O)CN[C@H](C)C1CCCCC1. The van der Waals surface area contributed by atoms with Crippen LogP contribution in [0.5, 0.6) is 0 Å². The highest BCUT2D eigenvalue weighted by molar-refractivity contribution is 4.76. The van der Waals surface area contributed by atoms with E-state index >= 15 is 0 Å². The fraction of sp³-hybridized carbons (Fsp3) is 1.00. The van der Waals surface area contributed by atoms with Crippen molar-refractivity contribution < 1.29 is 5.11 Å². The lowest BCUT2D eigenvalue weighted by atomic mass is 9.84. The van der Waals surface area contributed by atoms with Crippen molar-refractivity contribution in [3.8, 4) is 0 Å². The van der Waals surface area contributed by atoms with Crippen molar-refractivity contribution in [1.29, 1.82) is 0 Å². The highest BCUT2D eigenvalue weighted by Gasteiger charge is 2.19. The molecule has 1 saturated carbocycles. The second-order valence-corrected chi connectivity index (χ2v) is 4.44. The summed E-state index contributed by atoms with van der Waals surface area (Å²) in [7, 11) is 0. The predicted octanol–water partition coefficient (Wildman–Crippen LogP) is 1.93. The third-order valence-corrected chi connectivity index (χ3v) is 3.09. The van der Waals surface area contributed by atoms with E-state index < -0.39 is 0 Å². The van der Waals surface area contributed by atoms with E-state index in [0.717, 1.165) is 12.5 Å². The lowest BCUT2D eigenvalue weighted by molar-refractivity contribution is 0.175. The molecule has 0 aromatic heterocycles. The Morgan fingerprint density at radius 2 is 1.85 bits per heavy atom. The van der Waals surface area contributed by atoms with Crippen molar-refractivity contribution in [3.05, 3.63) is 0 Å². The van der Waals surface area contributed by atoms with Gasteiger partial charge in [0.15, 0.2) is 0 Å². The Morgan fingerprint density at radius 1 is 1.23 bits per heavy atom. The van der Waals surface area contributed by atoms with Gasteiger partial charge in [-0.2, -0.15) is 0 Å². The van der Waals surface area contributed by atoms with Gasteiger partial charge < -0.3 is 10.4 Å². The van der Waals surface area contributed by atoms with Gasteiger partial charge >= 0.3 is 0 Å². The third kappa shape index (κ3) is 4.10. The number of nitrogens with one attached hydrogen (secondary N) is 1. The average molecular weight is 185 g/mol. The van der Waals surface area contributed by atoms with Crippen LogP contribution >= 0.6 is 0 Å². The zero-order valence-corrected chi connectivity index (χ0v) is 8.92. The summed E-state index contributed by atoms with van der Waals surface area (Å²) in [4.78, 5) is 0. The second-order valence-electron chi connectivity index (χ2n) is 4.44. The molecule has 0 aliphatic heterocycles. The highest BCUT2D eigenvalue weighted by atomic mass is 16.3. The van der Waals surface area contributed by atoms with Crippen molar-refractivity contribution in [2.75, 3.05) is 6.54 Å². The van der Waals surface area contributed by atoms with Crippen molar-refractivity contribution in [3.63, 3.8) is 0 Å². The van der Waals surface area contributed by atoms with Crippen molar-refractivity contribution in [2.45, 2.75) is 58.1 Å². The van der Waals surface area contributed by atoms with Crippen LogP contribution in [0.15, 0.2) is 0 Å². The van der Waals surface area contributed by atoms with Crippen LogP contribution in [0.2, 0.25) is 0 Å². The Labute approximate surface area is 81.7 Å². The van der Waals surface area contributed by atoms with E-state index in [-0.39, 0.29) is 6.10 Å². The second kappa shape index (κ2) is 5.61. The van der Waals surface area contributed by atoms with E-state index in [4.69, 9.17) is 5.11 Å². The molecule has 2 heteroatoms. The molecule has 2 nitrogen and oxygen atoms in total. The maximum absolute atomic E-state index is 9.14. The normalized spacial score (nSPS) is 24.2. The number of aliphatic hydroxyl groups is 1. The quantitative estimate of drug-likeness (QED) is 0.701. The first kappa shape index (κ1) is 11.0. The van der Waals surface area contributed by atoms with Crippen molar-refractivity contribution in [2.24, 2.45) is 5.92 Å². The molecule has 0 aromatic rings. The van der Waals surface area contributed by atoms with E-state index in [1.54, 1.807) is 0 Å². The summed E-state index contributed by atoms with van der Waals surface area (Å²) in [5.74, 6) is 0.840. The van der Waals surface area contributed by atoms with Gasteiger partial charge in [-0.15, -0.1) is 0 Å². The molecule has 78 valence electrons. The van der Waals surface area contributed by atoms with E-state index in [0.29, 0.717) is 6.04 Å². The predicted molar refractivity (Wildman–Crippen MR) is 55.7 cm³/mol. The van der Waals surface area contributed by atoms with Gasteiger partial charge in [0, 0.05) is 12.6 Å². The van der Waals surface area contributed by atoms with Gasteiger partial charge in [0.1, 0.15) is 0 Å². The van der Waals surface area contributed by atoms with Gasteiger partial charge in [0.05, 0.1) is 6.10 Å². The molecule has 0 radical (unpaired) electrons. The molecule has 0 aromatic carbocycles. The fourth-order valence-electron chi connectivity index (χ4n) is 2.16. The molecular weight excluding hydrogens is 162 g/mol. The summed E-state index contributed by atoms with van der Waals surface area (Å²) in [5, 5.41) is 12.5. The third-order valence-electron chi connectivity index (χ3n) is 3.09. The van der Waals surface area contributed by atoms with Crippen LogP contribution in [0, 0.1) is 5.92 Å². The standard InChI is InChI=1S/C11H23NO/c1-9(13)8-12-10(2)11-6-4-3-5-7-11/h9-13H,3-8H2,1-2H3/t9-,10+/m0/s1. The van der Waals surface area contributed by atoms with Crippen LogP contribution in [0.3, 0.4) is 0 Å². The zero-order chi connectivity index (χ0) is 9.68.